The zero-order chi connectivity index (χ0) is 14.5. The van der Waals surface area contributed by atoms with Crippen LogP contribution in [0, 0.1) is 6.92 Å². The van der Waals surface area contributed by atoms with Gasteiger partial charge in [-0.3, -0.25) is 4.57 Å². The van der Waals surface area contributed by atoms with Gasteiger partial charge in [0.05, 0.1) is 5.69 Å². The van der Waals surface area contributed by atoms with Gasteiger partial charge in [0.15, 0.2) is 0 Å². The zero-order valence-corrected chi connectivity index (χ0v) is 12.8. The molecule has 0 saturated carbocycles. The van der Waals surface area contributed by atoms with Gasteiger partial charge >= 0.3 is 0 Å². The van der Waals surface area contributed by atoms with Gasteiger partial charge in [0, 0.05) is 38.2 Å². The molecule has 0 saturated heterocycles. The predicted molar refractivity (Wildman–Crippen MR) is 86.0 cm³/mol. The fourth-order valence-corrected chi connectivity index (χ4v) is 2.11. The van der Waals surface area contributed by atoms with Crippen LogP contribution in [-0.2, 0) is 0 Å². The number of aryl methyl sites for hydroxylation is 1. The first-order valence-corrected chi connectivity index (χ1v) is 7.19. The van der Waals surface area contributed by atoms with E-state index in [1.807, 2.05) is 21.0 Å². The molecule has 4 heteroatoms. The second-order valence-corrected chi connectivity index (χ2v) is 5.27. The van der Waals surface area contributed by atoms with Gasteiger partial charge in [-0.2, -0.15) is 0 Å². The van der Waals surface area contributed by atoms with Gasteiger partial charge in [-0.25, -0.2) is 4.98 Å². The van der Waals surface area contributed by atoms with E-state index in [2.05, 4.69) is 57.2 Å². The molecule has 0 unspecified atom stereocenters. The molecule has 2 aromatic rings. The van der Waals surface area contributed by atoms with Crippen molar-refractivity contribution in [3.63, 3.8) is 0 Å². The van der Waals surface area contributed by atoms with Crippen molar-refractivity contribution in [2.75, 3.05) is 30.9 Å². The second-order valence-electron chi connectivity index (χ2n) is 5.27. The Morgan fingerprint density at radius 2 is 1.90 bits per heavy atom. The lowest BCUT2D eigenvalue weighted by Gasteiger charge is -2.14. The van der Waals surface area contributed by atoms with Gasteiger partial charge in [0.1, 0.15) is 0 Å². The number of hydrogen-bond donors (Lipinski definition) is 1. The lowest BCUT2D eigenvalue weighted by molar-refractivity contribution is 0.823. The highest BCUT2D eigenvalue weighted by Gasteiger charge is 2.07. The van der Waals surface area contributed by atoms with Crippen LogP contribution in [0.5, 0.6) is 0 Å². The molecule has 1 N–H and O–H groups in total. The molecular weight excluding hydrogens is 248 g/mol. The minimum absolute atomic E-state index is 0.925. The van der Waals surface area contributed by atoms with E-state index in [0.717, 1.165) is 30.3 Å². The third-order valence-electron chi connectivity index (χ3n) is 3.28. The second kappa shape index (κ2) is 6.46. The smallest absolute Gasteiger partial charge is 0.207 e. The van der Waals surface area contributed by atoms with Gasteiger partial charge in [-0.1, -0.05) is 13.3 Å². The summed E-state index contributed by atoms with van der Waals surface area (Å²) < 4.78 is 2.12. The summed E-state index contributed by atoms with van der Waals surface area (Å²) >= 11 is 0. The van der Waals surface area contributed by atoms with E-state index in [-0.39, 0.29) is 0 Å². The molecule has 1 aromatic carbocycles. The van der Waals surface area contributed by atoms with Crippen molar-refractivity contribution in [3.05, 3.63) is 36.2 Å². The molecule has 0 aliphatic rings. The maximum Gasteiger partial charge on any atom is 0.207 e. The summed E-state index contributed by atoms with van der Waals surface area (Å²) in [7, 11) is 4.10. The average Bonchev–Trinajstić information content (AvgIpc) is 2.80. The first-order valence-electron chi connectivity index (χ1n) is 7.19. The molecule has 0 atom stereocenters. The van der Waals surface area contributed by atoms with Crippen LogP contribution in [0.1, 0.15) is 25.5 Å². The third-order valence-corrected chi connectivity index (χ3v) is 3.28. The van der Waals surface area contributed by atoms with Crippen molar-refractivity contribution in [3.8, 4) is 5.69 Å². The Hall–Kier alpha value is -1.97. The Balaban J connectivity index is 2.22. The van der Waals surface area contributed by atoms with Crippen LogP contribution in [0.2, 0.25) is 0 Å². The molecule has 0 radical (unpaired) electrons. The molecule has 0 amide bonds. The van der Waals surface area contributed by atoms with E-state index in [9.17, 15) is 0 Å². The Labute approximate surface area is 121 Å². The van der Waals surface area contributed by atoms with Crippen LogP contribution in [-0.4, -0.2) is 30.2 Å². The van der Waals surface area contributed by atoms with Crippen LogP contribution < -0.4 is 10.2 Å². The largest absolute Gasteiger partial charge is 0.378 e. The minimum atomic E-state index is 0.925. The van der Waals surface area contributed by atoms with Crippen LogP contribution in [0.25, 0.3) is 5.69 Å². The van der Waals surface area contributed by atoms with Crippen molar-refractivity contribution in [2.24, 2.45) is 0 Å². The van der Waals surface area contributed by atoms with Crippen molar-refractivity contribution in [1.82, 2.24) is 9.55 Å². The number of aromatic nitrogens is 2. The molecule has 4 nitrogen and oxygen atoms in total. The van der Waals surface area contributed by atoms with Crippen molar-refractivity contribution < 1.29 is 0 Å². The van der Waals surface area contributed by atoms with E-state index in [1.54, 1.807) is 0 Å². The van der Waals surface area contributed by atoms with Gasteiger partial charge in [0.25, 0.3) is 0 Å². The highest BCUT2D eigenvalue weighted by atomic mass is 15.2. The van der Waals surface area contributed by atoms with E-state index in [1.165, 1.54) is 12.1 Å². The van der Waals surface area contributed by atoms with E-state index < -0.39 is 0 Å². The summed E-state index contributed by atoms with van der Waals surface area (Å²) in [5.41, 5.74) is 3.36. The Morgan fingerprint density at radius 3 is 2.50 bits per heavy atom. The summed E-state index contributed by atoms with van der Waals surface area (Å²) in [6.45, 7) is 5.18. The van der Waals surface area contributed by atoms with Crippen LogP contribution in [0.3, 0.4) is 0 Å². The standard InChI is InChI=1S/C16H24N4/c1-5-6-11-17-16-18-13(2)12-20(16)15-9-7-14(8-10-15)19(3)4/h7-10,12H,5-6,11H2,1-4H3,(H,17,18). The quantitative estimate of drug-likeness (QED) is 0.818. The van der Waals surface area contributed by atoms with Crippen molar-refractivity contribution in [1.29, 1.82) is 0 Å². The molecule has 0 bridgehead atoms. The molecule has 1 heterocycles. The maximum atomic E-state index is 4.56. The van der Waals surface area contributed by atoms with Gasteiger partial charge in [-0.05, 0) is 37.6 Å². The molecule has 0 fully saturated rings. The van der Waals surface area contributed by atoms with Crippen LogP contribution >= 0.6 is 0 Å². The molecule has 0 aliphatic heterocycles. The molecule has 20 heavy (non-hydrogen) atoms. The van der Waals surface area contributed by atoms with Crippen molar-refractivity contribution in [2.45, 2.75) is 26.7 Å². The molecule has 1 aromatic heterocycles. The maximum absolute atomic E-state index is 4.56. The number of rotatable bonds is 6. The normalized spacial score (nSPS) is 10.6. The highest BCUT2D eigenvalue weighted by molar-refractivity contribution is 5.52. The Morgan fingerprint density at radius 1 is 1.20 bits per heavy atom. The molecule has 2 rings (SSSR count). The van der Waals surface area contributed by atoms with Crippen molar-refractivity contribution >= 4 is 11.6 Å². The number of hydrogen-bond acceptors (Lipinski definition) is 3. The fourth-order valence-electron chi connectivity index (χ4n) is 2.11. The number of nitrogens with one attached hydrogen (secondary N) is 1. The Bertz CT molecular complexity index is 540. The monoisotopic (exact) mass is 272 g/mol. The summed E-state index contributed by atoms with van der Waals surface area (Å²) in [6, 6.07) is 8.50. The minimum Gasteiger partial charge on any atom is -0.378 e. The number of anilines is 2. The van der Waals surface area contributed by atoms with E-state index >= 15 is 0 Å². The summed E-state index contributed by atoms with van der Waals surface area (Å²) in [6.07, 6.45) is 4.41. The number of benzene rings is 1. The lowest BCUT2D eigenvalue weighted by atomic mass is 10.2. The number of nitrogens with zero attached hydrogens (tertiary/aromatic N) is 3. The predicted octanol–water partition coefficient (Wildman–Crippen LogP) is 3.46. The third kappa shape index (κ3) is 3.32. The zero-order valence-electron chi connectivity index (χ0n) is 12.8. The fraction of sp³-hybridized carbons (Fsp3) is 0.438. The van der Waals surface area contributed by atoms with E-state index in [4.69, 9.17) is 0 Å². The van der Waals surface area contributed by atoms with Gasteiger partial charge in [-0.15, -0.1) is 0 Å². The topological polar surface area (TPSA) is 33.1 Å². The van der Waals surface area contributed by atoms with Crippen LogP contribution in [0.4, 0.5) is 11.6 Å². The Kier molecular flexibility index (Phi) is 4.66. The average molecular weight is 272 g/mol. The molecule has 108 valence electrons. The van der Waals surface area contributed by atoms with E-state index in [0.29, 0.717) is 0 Å². The molecule has 0 spiro atoms. The number of imidazole rings is 1. The summed E-state index contributed by atoms with van der Waals surface area (Å²) in [5, 5.41) is 3.41. The molecule has 0 aliphatic carbocycles. The first-order chi connectivity index (χ1) is 9.61. The lowest BCUT2D eigenvalue weighted by Crippen LogP contribution is -2.09. The van der Waals surface area contributed by atoms with Gasteiger partial charge in [0.2, 0.25) is 5.95 Å². The first kappa shape index (κ1) is 14.4. The van der Waals surface area contributed by atoms with Gasteiger partial charge < -0.3 is 10.2 Å². The van der Waals surface area contributed by atoms with Crippen LogP contribution in [0.15, 0.2) is 30.5 Å². The summed E-state index contributed by atoms with van der Waals surface area (Å²) in [4.78, 5) is 6.66. The highest BCUT2D eigenvalue weighted by Crippen LogP contribution is 2.20. The molecular formula is C16H24N4. The summed E-state index contributed by atoms with van der Waals surface area (Å²) in [5.74, 6) is 0.925. The SMILES string of the molecule is CCCCNc1nc(C)cn1-c1ccc(N(C)C)cc1. The number of unbranched alkanes of at least 4 members (excludes halogenated alkanes) is 1.